The second kappa shape index (κ2) is 6.45. The van der Waals surface area contributed by atoms with E-state index < -0.39 is 0 Å². The number of hydrogen-bond acceptors (Lipinski definition) is 3. The predicted molar refractivity (Wildman–Crippen MR) is 63.2 cm³/mol. The number of halogens is 1. The van der Waals surface area contributed by atoms with E-state index in [0.717, 1.165) is 30.8 Å². The molecule has 0 saturated heterocycles. The Morgan fingerprint density at radius 3 is 2.88 bits per heavy atom. The summed E-state index contributed by atoms with van der Waals surface area (Å²) in [6.45, 7) is 3.47. The van der Waals surface area contributed by atoms with Gasteiger partial charge in [-0.1, -0.05) is 0 Å². The summed E-state index contributed by atoms with van der Waals surface area (Å²) in [5.41, 5.74) is 6.48. The van der Waals surface area contributed by atoms with Crippen molar-refractivity contribution in [2.75, 3.05) is 20.2 Å². The Bertz CT molecular complexity index is 329. The van der Waals surface area contributed by atoms with Gasteiger partial charge >= 0.3 is 0 Å². The van der Waals surface area contributed by atoms with Crippen LogP contribution in [0, 0.1) is 5.82 Å². The van der Waals surface area contributed by atoms with Gasteiger partial charge in [-0.3, -0.25) is 0 Å². The molecule has 3 N–H and O–H groups in total. The van der Waals surface area contributed by atoms with E-state index in [1.165, 1.54) is 12.1 Å². The van der Waals surface area contributed by atoms with Crippen LogP contribution in [0.2, 0.25) is 0 Å². The second-order valence-corrected chi connectivity index (χ2v) is 3.89. The summed E-state index contributed by atoms with van der Waals surface area (Å²) in [7, 11) is 1.59. The van der Waals surface area contributed by atoms with Gasteiger partial charge in [0.05, 0.1) is 7.11 Å². The number of benzene rings is 1. The molecular weight excluding hydrogens is 207 g/mol. The van der Waals surface area contributed by atoms with Crippen molar-refractivity contribution in [1.82, 2.24) is 5.32 Å². The molecule has 0 fully saturated rings. The maximum atomic E-state index is 13.0. The Morgan fingerprint density at radius 2 is 2.25 bits per heavy atom. The first-order chi connectivity index (χ1) is 7.63. The molecule has 0 aliphatic rings. The fourth-order valence-corrected chi connectivity index (χ4v) is 1.50. The average molecular weight is 226 g/mol. The zero-order valence-corrected chi connectivity index (χ0v) is 9.79. The second-order valence-electron chi connectivity index (χ2n) is 3.89. The van der Waals surface area contributed by atoms with Gasteiger partial charge in [-0.25, -0.2) is 4.39 Å². The molecule has 0 spiro atoms. The first kappa shape index (κ1) is 12.9. The van der Waals surface area contributed by atoms with Crippen molar-refractivity contribution in [3.8, 4) is 5.75 Å². The molecule has 1 rings (SSSR count). The van der Waals surface area contributed by atoms with Gasteiger partial charge in [0, 0.05) is 12.6 Å². The maximum Gasteiger partial charge on any atom is 0.123 e. The summed E-state index contributed by atoms with van der Waals surface area (Å²) in [6, 6.07) is 4.69. The fourth-order valence-electron chi connectivity index (χ4n) is 1.50. The molecule has 0 aromatic heterocycles. The Hall–Kier alpha value is -1.13. The van der Waals surface area contributed by atoms with Gasteiger partial charge in [-0.15, -0.1) is 0 Å². The lowest BCUT2D eigenvalue weighted by Crippen LogP contribution is -2.32. The molecule has 4 heteroatoms. The van der Waals surface area contributed by atoms with Crippen LogP contribution in [-0.2, 0) is 6.42 Å². The molecule has 0 heterocycles. The van der Waals surface area contributed by atoms with Gasteiger partial charge in [-0.05, 0) is 43.7 Å². The largest absolute Gasteiger partial charge is 0.496 e. The van der Waals surface area contributed by atoms with Gasteiger partial charge in [0.1, 0.15) is 11.6 Å². The molecule has 0 saturated carbocycles. The van der Waals surface area contributed by atoms with Gasteiger partial charge in [0.2, 0.25) is 0 Å². The highest BCUT2D eigenvalue weighted by Crippen LogP contribution is 2.19. The molecule has 0 radical (unpaired) electrons. The Balaban J connectivity index is 2.48. The molecule has 90 valence electrons. The lowest BCUT2D eigenvalue weighted by Gasteiger charge is -2.10. The highest BCUT2D eigenvalue weighted by atomic mass is 19.1. The van der Waals surface area contributed by atoms with Crippen molar-refractivity contribution in [1.29, 1.82) is 0 Å². The Labute approximate surface area is 95.8 Å². The molecule has 1 atom stereocenters. The van der Waals surface area contributed by atoms with Gasteiger partial charge in [-0.2, -0.15) is 0 Å². The van der Waals surface area contributed by atoms with Crippen molar-refractivity contribution in [2.24, 2.45) is 5.73 Å². The van der Waals surface area contributed by atoms with Crippen molar-refractivity contribution in [3.63, 3.8) is 0 Å². The van der Waals surface area contributed by atoms with Crippen LogP contribution in [0.1, 0.15) is 12.5 Å². The third-order valence-corrected chi connectivity index (χ3v) is 2.28. The van der Waals surface area contributed by atoms with Crippen LogP contribution in [0.25, 0.3) is 0 Å². The number of ether oxygens (including phenoxy) is 1. The number of nitrogens with two attached hydrogens (primary N) is 1. The third-order valence-electron chi connectivity index (χ3n) is 2.28. The maximum absolute atomic E-state index is 13.0. The SMILES string of the molecule is COc1ccc(F)cc1CCNCC(C)N. The monoisotopic (exact) mass is 226 g/mol. The van der Waals surface area contributed by atoms with E-state index in [1.54, 1.807) is 13.2 Å². The Kier molecular flexibility index (Phi) is 5.22. The lowest BCUT2D eigenvalue weighted by molar-refractivity contribution is 0.407. The average Bonchev–Trinajstić information content (AvgIpc) is 2.24. The fraction of sp³-hybridized carbons (Fsp3) is 0.500. The smallest absolute Gasteiger partial charge is 0.123 e. The molecule has 1 unspecified atom stereocenters. The van der Waals surface area contributed by atoms with Crippen molar-refractivity contribution < 1.29 is 9.13 Å². The van der Waals surface area contributed by atoms with E-state index in [2.05, 4.69) is 5.32 Å². The van der Waals surface area contributed by atoms with E-state index in [9.17, 15) is 4.39 Å². The molecular formula is C12H19FN2O. The Morgan fingerprint density at radius 1 is 1.50 bits per heavy atom. The summed E-state index contributed by atoms with van der Waals surface area (Å²) in [5, 5.41) is 3.20. The van der Waals surface area contributed by atoms with Crippen LogP contribution < -0.4 is 15.8 Å². The molecule has 16 heavy (non-hydrogen) atoms. The van der Waals surface area contributed by atoms with Crippen LogP contribution >= 0.6 is 0 Å². The molecule has 0 aliphatic carbocycles. The molecule has 1 aromatic rings. The standard InChI is InChI=1S/C12H19FN2O/c1-9(14)8-15-6-5-10-7-11(13)3-4-12(10)16-2/h3-4,7,9,15H,5-6,8,14H2,1-2H3. The van der Waals surface area contributed by atoms with Crippen molar-refractivity contribution >= 4 is 0 Å². The highest BCUT2D eigenvalue weighted by molar-refractivity contribution is 5.34. The summed E-state index contributed by atoms with van der Waals surface area (Å²) in [4.78, 5) is 0. The van der Waals surface area contributed by atoms with E-state index in [4.69, 9.17) is 10.5 Å². The summed E-state index contributed by atoms with van der Waals surface area (Å²) >= 11 is 0. The highest BCUT2D eigenvalue weighted by Gasteiger charge is 2.04. The van der Waals surface area contributed by atoms with Gasteiger partial charge < -0.3 is 15.8 Å². The van der Waals surface area contributed by atoms with E-state index in [-0.39, 0.29) is 11.9 Å². The van der Waals surface area contributed by atoms with Crippen LogP contribution in [0.15, 0.2) is 18.2 Å². The number of rotatable bonds is 6. The van der Waals surface area contributed by atoms with E-state index in [0.29, 0.717) is 0 Å². The summed E-state index contributed by atoms with van der Waals surface area (Å²) < 4.78 is 18.2. The molecule has 0 amide bonds. The molecule has 1 aromatic carbocycles. The van der Waals surface area contributed by atoms with Crippen molar-refractivity contribution in [3.05, 3.63) is 29.6 Å². The first-order valence-electron chi connectivity index (χ1n) is 5.42. The number of methoxy groups -OCH3 is 1. The quantitative estimate of drug-likeness (QED) is 0.719. The predicted octanol–water partition coefficient (Wildman–Crippen LogP) is 1.31. The normalized spacial score (nSPS) is 12.5. The van der Waals surface area contributed by atoms with Crippen LogP contribution in [-0.4, -0.2) is 26.2 Å². The lowest BCUT2D eigenvalue weighted by atomic mass is 10.1. The van der Waals surface area contributed by atoms with Crippen molar-refractivity contribution in [2.45, 2.75) is 19.4 Å². The molecule has 0 bridgehead atoms. The summed E-state index contributed by atoms with van der Waals surface area (Å²) in [5.74, 6) is 0.493. The zero-order chi connectivity index (χ0) is 12.0. The minimum absolute atomic E-state index is 0.134. The molecule has 3 nitrogen and oxygen atoms in total. The zero-order valence-electron chi connectivity index (χ0n) is 9.79. The number of hydrogen-bond donors (Lipinski definition) is 2. The third kappa shape index (κ3) is 4.16. The van der Waals surface area contributed by atoms with E-state index >= 15 is 0 Å². The van der Waals surface area contributed by atoms with Crippen LogP contribution in [0.3, 0.4) is 0 Å². The minimum Gasteiger partial charge on any atom is -0.496 e. The minimum atomic E-state index is -0.233. The summed E-state index contributed by atoms with van der Waals surface area (Å²) in [6.07, 6.45) is 0.730. The van der Waals surface area contributed by atoms with Crippen LogP contribution in [0.5, 0.6) is 5.75 Å². The van der Waals surface area contributed by atoms with E-state index in [1.807, 2.05) is 6.92 Å². The number of nitrogens with one attached hydrogen (secondary N) is 1. The molecule has 0 aliphatic heterocycles. The van der Waals surface area contributed by atoms with Gasteiger partial charge in [0.15, 0.2) is 0 Å². The van der Waals surface area contributed by atoms with Crippen LogP contribution in [0.4, 0.5) is 4.39 Å². The van der Waals surface area contributed by atoms with Gasteiger partial charge in [0.25, 0.3) is 0 Å². The topological polar surface area (TPSA) is 47.3 Å². The first-order valence-corrected chi connectivity index (χ1v) is 5.42.